The van der Waals surface area contributed by atoms with Gasteiger partial charge >= 0.3 is 64.4 Å². The number of ether oxygens (including phenoxy) is 4. The van der Waals surface area contributed by atoms with Crippen LogP contribution in [0.2, 0.25) is 0 Å². The molecular weight excluding hydrogens is 898 g/mol. The van der Waals surface area contributed by atoms with Gasteiger partial charge in [-0.2, -0.15) is 17.6 Å². The summed E-state index contributed by atoms with van der Waals surface area (Å²) in [4.78, 5) is 45.4. The number of amides is 4. The monoisotopic (exact) mass is 948 g/mol. The maximum Gasteiger partial charge on any atom is 1.00 e. The molecule has 0 saturated heterocycles. The number of carbonyl (C=O) groups is 4. The predicted octanol–water partition coefficient (Wildman–Crippen LogP) is 1.05. The standard InChI is InChI=1S/2C13H23F3N2O7S.C6H6S.Na/c2*1-2-24-11(19)17-7-5-3-4-6-8-18-12(20)25-9-10(14)13(15,16)26(21,22)23;7-6-4-2-1-3-5-6;/h2*10H,2-9H2,1H3,(H,17,19)(H,18,20)(H,21,22,23);1-5,7H;/q;;;+1/p-1. The molecule has 0 radical (unpaired) electrons. The fourth-order valence-electron chi connectivity index (χ4n) is 3.68. The van der Waals surface area contributed by atoms with Crippen LogP contribution in [0.4, 0.5) is 45.5 Å². The van der Waals surface area contributed by atoms with E-state index in [9.17, 15) is 71.5 Å². The zero-order chi connectivity index (χ0) is 45.5. The molecule has 1 aromatic rings. The summed E-state index contributed by atoms with van der Waals surface area (Å²) in [5, 5.41) is -0.963. The van der Waals surface area contributed by atoms with E-state index < -0.39 is 80.7 Å². The van der Waals surface area contributed by atoms with Crippen molar-refractivity contribution < 1.29 is 120 Å². The van der Waals surface area contributed by atoms with Crippen molar-refractivity contribution in [3.63, 3.8) is 0 Å². The Kier molecular flexibility index (Phi) is 34.4. The van der Waals surface area contributed by atoms with Gasteiger partial charge in [-0.05, 0) is 64.3 Å². The minimum absolute atomic E-state index is 0. The first-order valence-corrected chi connectivity index (χ1v) is 21.1. The van der Waals surface area contributed by atoms with Crippen molar-refractivity contribution in [3.8, 4) is 0 Å². The molecule has 0 bridgehead atoms. The van der Waals surface area contributed by atoms with Crippen LogP contribution in [-0.2, 0) is 51.8 Å². The molecule has 2 atom stereocenters. The third-order valence-electron chi connectivity index (χ3n) is 6.73. The summed E-state index contributed by atoms with van der Waals surface area (Å²) in [6, 6.07) is 9.96. The van der Waals surface area contributed by atoms with Gasteiger partial charge in [0.05, 0.1) is 13.2 Å². The van der Waals surface area contributed by atoms with E-state index in [2.05, 4.69) is 52.8 Å². The number of carbonyl (C=O) groups excluding carboxylic acids is 4. The SMILES string of the molecule is CCOC(=O)NCCCCCCNC(=O)OCC(F)C(F)(F)S(=O)(=O)[O-].CCOC(=O)NCCCCCCNC(=O)OCC(F)C(F)(F)S(=O)(=O)[O-].[Na+].[SH2+]c1ccccc1. The topological polar surface area (TPSA) is 268 Å². The van der Waals surface area contributed by atoms with Gasteiger partial charge in [0.15, 0.2) is 20.2 Å². The quantitative estimate of drug-likeness (QED) is 0.0282. The molecule has 4 N–H and O–H groups in total. The van der Waals surface area contributed by atoms with E-state index in [0.29, 0.717) is 51.6 Å². The summed E-state index contributed by atoms with van der Waals surface area (Å²) < 4.78 is 156. The molecule has 1 rings (SSSR count). The Morgan fingerprint density at radius 1 is 0.583 bits per heavy atom. The molecular formula is C32H51F6N4NaO14S3. The zero-order valence-corrected chi connectivity index (χ0v) is 37.8. The van der Waals surface area contributed by atoms with Crippen LogP contribution in [0.1, 0.15) is 65.2 Å². The van der Waals surface area contributed by atoms with Crippen LogP contribution in [0.25, 0.3) is 0 Å². The molecule has 0 aliphatic carbocycles. The number of hydrogen-bond donors (Lipinski definition) is 4. The number of nitrogens with one attached hydrogen (secondary N) is 4. The number of rotatable bonds is 24. The smallest absolute Gasteiger partial charge is 0.743 e. The third kappa shape index (κ3) is 30.1. The first kappa shape index (κ1) is 61.4. The molecule has 0 saturated carbocycles. The van der Waals surface area contributed by atoms with E-state index in [1.165, 1.54) is 0 Å². The summed E-state index contributed by atoms with van der Waals surface area (Å²) >= 11 is 3.36. The van der Waals surface area contributed by atoms with Crippen LogP contribution in [0.15, 0.2) is 35.2 Å². The maximum absolute atomic E-state index is 13.0. The third-order valence-corrected chi connectivity index (χ3v) is 8.90. The average molecular weight is 949 g/mol. The summed E-state index contributed by atoms with van der Waals surface area (Å²) in [6.45, 7) is 1.90. The van der Waals surface area contributed by atoms with E-state index in [0.717, 1.165) is 17.7 Å². The van der Waals surface area contributed by atoms with Crippen molar-refractivity contribution in [1.29, 1.82) is 0 Å². The molecule has 18 nitrogen and oxygen atoms in total. The van der Waals surface area contributed by atoms with E-state index >= 15 is 0 Å². The Balaban J connectivity index is -0.000000914. The fraction of sp³-hybridized carbons (Fsp3) is 0.688. The van der Waals surface area contributed by atoms with Gasteiger partial charge in [-0.15, -0.1) is 0 Å². The zero-order valence-electron chi connectivity index (χ0n) is 33.2. The molecule has 344 valence electrons. The van der Waals surface area contributed by atoms with Gasteiger partial charge in [-0.3, -0.25) is 0 Å². The molecule has 0 heterocycles. The molecule has 1 aromatic carbocycles. The second kappa shape index (κ2) is 33.6. The van der Waals surface area contributed by atoms with Gasteiger partial charge < -0.3 is 49.3 Å². The number of halogens is 6. The van der Waals surface area contributed by atoms with Crippen molar-refractivity contribution >= 4 is 57.2 Å². The minimum atomic E-state index is -6.19. The minimum Gasteiger partial charge on any atom is -0.743 e. The molecule has 28 heteroatoms. The molecule has 0 aromatic heterocycles. The van der Waals surface area contributed by atoms with Gasteiger partial charge in [-0.1, -0.05) is 43.9 Å². The van der Waals surface area contributed by atoms with Crippen molar-refractivity contribution in [2.75, 3.05) is 52.6 Å². The van der Waals surface area contributed by atoms with E-state index in [1.54, 1.807) is 13.8 Å². The normalized spacial score (nSPS) is 12.2. The average Bonchev–Trinajstić information content (AvgIpc) is 3.15. The van der Waals surface area contributed by atoms with Crippen molar-refractivity contribution in [2.24, 2.45) is 0 Å². The number of alkyl carbamates (subject to hydrolysis) is 4. The van der Waals surface area contributed by atoms with Crippen LogP contribution < -0.4 is 50.8 Å². The van der Waals surface area contributed by atoms with Crippen molar-refractivity contribution in [3.05, 3.63) is 30.3 Å². The number of alkyl halides is 6. The Hall–Kier alpha value is -2.95. The summed E-state index contributed by atoms with van der Waals surface area (Å²) in [5.74, 6) is 0. The molecule has 0 spiro atoms. The molecule has 4 amide bonds. The molecule has 60 heavy (non-hydrogen) atoms. The fourth-order valence-corrected chi connectivity index (χ4v) is 4.63. The molecule has 0 aliphatic rings. The van der Waals surface area contributed by atoms with Gasteiger partial charge in [0.25, 0.3) is 0 Å². The molecule has 0 aliphatic heterocycles. The first-order valence-electron chi connectivity index (χ1n) is 17.8. The summed E-state index contributed by atoms with van der Waals surface area (Å²) in [5.41, 5.74) is 0. The van der Waals surface area contributed by atoms with Crippen LogP contribution >= 0.6 is 0 Å². The van der Waals surface area contributed by atoms with Crippen LogP contribution in [0.3, 0.4) is 0 Å². The second-order valence-corrected chi connectivity index (χ2v) is 15.0. The Morgan fingerprint density at radius 3 is 1.07 bits per heavy atom. The van der Waals surface area contributed by atoms with Crippen LogP contribution in [0, 0.1) is 0 Å². The first-order chi connectivity index (χ1) is 27.4. The van der Waals surface area contributed by atoms with Gasteiger partial charge in [0.1, 0.15) is 18.1 Å². The summed E-state index contributed by atoms with van der Waals surface area (Å²) in [7, 11) is -12.4. The number of unbranched alkanes of at least 4 members (excludes halogenated alkanes) is 6. The van der Waals surface area contributed by atoms with Gasteiger partial charge in [0, 0.05) is 26.2 Å². The summed E-state index contributed by atoms with van der Waals surface area (Å²) in [6.07, 6.45) is -5.10. The predicted molar refractivity (Wildman–Crippen MR) is 200 cm³/mol. The number of hydrogen-bond acceptors (Lipinski definition) is 14. The van der Waals surface area contributed by atoms with E-state index in [4.69, 9.17) is 0 Å². The van der Waals surface area contributed by atoms with Crippen LogP contribution in [0.5, 0.6) is 0 Å². The van der Waals surface area contributed by atoms with Crippen molar-refractivity contribution in [2.45, 2.75) is 93.0 Å². The van der Waals surface area contributed by atoms with Gasteiger partial charge in [0.2, 0.25) is 12.3 Å². The maximum atomic E-state index is 13.0. The molecule has 0 fully saturated rings. The largest absolute Gasteiger partial charge is 1.00 e. The van der Waals surface area contributed by atoms with E-state index in [1.807, 2.05) is 30.3 Å². The number of benzene rings is 1. The van der Waals surface area contributed by atoms with Crippen LogP contribution in [-0.4, -0.2) is 126 Å². The van der Waals surface area contributed by atoms with Crippen molar-refractivity contribution in [1.82, 2.24) is 21.3 Å². The Labute approximate surface area is 372 Å². The van der Waals surface area contributed by atoms with Gasteiger partial charge in [-0.25, -0.2) is 44.8 Å². The Bertz CT molecular complexity index is 1480. The second-order valence-electron chi connectivity index (χ2n) is 11.5. The Morgan fingerprint density at radius 2 is 0.850 bits per heavy atom. The van der Waals surface area contributed by atoms with E-state index in [-0.39, 0.29) is 55.9 Å². The molecule has 2 unspecified atom stereocenters.